The van der Waals surface area contributed by atoms with Crippen LogP contribution in [-0.2, 0) is 18.4 Å². The number of benzene rings is 1. The Morgan fingerprint density at radius 3 is 2.29 bits per heavy atom. The van der Waals surface area contributed by atoms with Gasteiger partial charge in [0.1, 0.15) is 0 Å². The lowest BCUT2D eigenvalue weighted by Gasteiger charge is -2.30. The van der Waals surface area contributed by atoms with Crippen molar-refractivity contribution in [3.63, 3.8) is 0 Å². The molecule has 0 fully saturated rings. The van der Waals surface area contributed by atoms with E-state index >= 15 is 0 Å². The summed E-state index contributed by atoms with van der Waals surface area (Å²) in [5.74, 6) is 0.901. The third-order valence-corrected chi connectivity index (χ3v) is 5.05. The highest BCUT2D eigenvalue weighted by Gasteiger charge is 2.32. The number of aryl methyl sites for hydroxylation is 2. The van der Waals surface area contributed by atoms with E-state index in [0.29, 0.717) is 16.8 Å². The number of nitrogens with zero attached hydrogens (tertiary/aromatic N) is 2. The molecule has 1 heterocycles. The monoisotopic (exact) mass is 344 g/mol. The van der Waals surface area contributed by atoms with Gasteiger partial charge in [-0.2, -0.15) is 5.10 Å². The van der Waals surface area contributed by atoms with E-state index in [1.54, 1.807) is 0 Å². The molecule has 0 N–H and O–H groups in total. The van der Waals surface area contributed by atoms with Crippen LogP contribution in [0.25, 0.3) is 0 Å². The maximum atomic E-state index is 6.30. The van der Waals surface area contributed by atoms with Crippen LogP contribution in [0, 0.1) is 6.92 Å². The largest absolute Gasteiger partial charge is 0.270 e. The molecular weight excluding hydrogens is 327 g/mol. The van der Waals surface area contributed by atoms with E-state index in [1.165, 1.54) is 0 Å². The molecule has 0 amide bonds. The molecule has 21 heavy (non-hydrogen) atoms. The number of aromatic nitrogens is 2. The number of hydrogen-bond acceptors (Lipinski definition) is 1. The van der Waals surface area contributed by atoms with Crippen LogP contribution < -0.4 is 0 Å². The van der Waals surface area contributed by atoms with Crippen molar-refractivity contribution in [1.82, 2.24) is 9.78 Å². The van der Waals surface area contributed by atoms with Crippen molar-refractivity contribution in [2.75, 3.05) is 11.8 Å². The van der Waals surface area contributed by atoms with Crippen LogP contribution in [-0.4, -0.2) is 21.5 Å². The van der Waals surface area contributed by atoms with Gasteiger partial charge in [0.15, 0.2) is 0 Å². The third kappa shape index (κ3) is 3.56. The second-order valence-electron chi connectivity index (χ2n) is 5.32. The second kappa shape index (κ2) is 7.04. The standard InChI is InChI=1S/C16H19Cl3N2/c1-3-21-15(8-12(2)20-21)9-16(10-17,11-18)13-4-6-14(19)7-5-13/h4-8H,3,9-11H2,1-2H3. The highest BCUT2D eigenvalue weighted by Crippen LogP contribution is 2.32. The Kier molecular flexibility index (Phi) is 5.59. The number of rotatable bonds is 6. The Balaban J connectivity index is 2.40. The molecule has 0 aliphatic rings. The van der Waals surface area contributed by atoms with Gasteiger partial charge < -0.3 is 0 Å². The van der Waals surface area contributed by atoms with Crippen LogP contribution in [0.1, 0.15) is 23.9 Å². The van der Waals surface area contributed by atoms with Gasteiger partial charge in [-0.05, 0) is 37.6 Å². The van der Waals surface area contributed by atoms with Gasteiger partial charge in [-0.25, -0.2) is 0 Å². The van der Waals surface area contributed by atoms with Gasteiger partial charge in [0.25, 0.3) is 0 Å². The smallest absolute Gasteiger partial charge is 0.0596 e. The van der Waals surface area contributed by atoms with Crippen molar-refractivity contribution < 1.29 is 0 Å². The Hall–Kier alpha value is -0.700. The Morgan fingerprint density at radius 1 is 1.14 bits per heavy atom. The van der Waals surface area contributed by atoms with Gasteiger partial charge in [0, 0.05) is 40.9 Å². The summed E-state index contributed by atoms with van der Waals surface area (Å²) in [4.78, 5) is 0. The van der Waals surface area contributed by atoms with Crippen LogP contribution in [0.2, 0.25) is 5.02 Å². The first-order chi connectivity index (χ1) is 10.0. The van der Waals surface area contributed by atoms with Crippen LogP contribution in [0.3, 0.4) is 0 Å². The van der Waals surface area contributed by atoms with Gasteiger partial charge in [-0.3, -0.25) is 4.68 Å². The van der Waals surface area contributed by atoms with E-state index in [9.17, 15) is 0 Å². The van der Waals surface area contributed by atoms with Gasteiger partial charge >= 0.3 is 0 Å². The lowest BCUT2D eigenvalue weighted by molar-refractivity contribution is 0.498. The summed E-state index contributed by atoms with van der Waals surface area (Å²) in [6.07, 6.45) is 0.760. The van der Waals surface area contributed by atoms with Crippen molar-refractivity contribution in [1.29, 1.82) is 0 Å². The summed E-state index contributed by atoms with van der Waals surface area (Å²) >= 11 is 18.6. The summed E-state index contributed by atoms with van der Waals surface area (Å²) in [6.45, 7) is 4.92. The molecule has 1 aromatic carbocycles. The Morgan fingerprint density at radius 2 is 1.76 bits per heavy atom. The minimum absolute atomic E-state index is 0.312. The molecule has 0 aliphatic heterocycles. The summed E-state index contributed by atoms with van der Waals surface area (Å²) in [5.41, 5.74) is 2.97. The van der Waals surface area contributed by atoms with Gasteiger partial charge in [-0.1, -0.05) is 23.7 Å². The molecule has 0 saturated carbocycles. The van der Waals surface area contributed by atoms with Crippen LogP contribution in [0.5, 0.6) is 0 Å². The van der Waals surface area contributed by atoms with Crippen LogP contribution >= 0.6 is 34.8 Å². The summed E-state index contributed by atoms with van der Waals surface area (Å²) < 4.78 is 2.01. The molecule has 0 radical (unpaired) electrons. The fraction of sp³-hybridized carbons (Fsp3) is 0.438. The van der Waals surface area contributed by atoms with E-state index in [2.05, 4.69) is 18.1 Å². The lowest BCUT2D eigenvalue weighted by atomic mass is 9.80. The topological polar surface area (TPSA) is 17.8 Å². The highest BCUT2D eigenvalue weighted by atomic mass is 35.5. The zero-order valence-corrected chi connectivity index (χ0v) is 14.5. The predicted molar refractivity (Wildman–Crippen MR) is 90.9 cm³/mol. The van der Waals surface area contributed by atoms with E-state index in [1.807, 2.05) is 35.9 Å². The van der Waals surface area contributed by atoms with Crippen molar-refractivity contribution in [3.8, 4) is 0 Å². The first-order valence-corrected chi connectivity index (χ1v) is 8.40. The molecule has 0 unspecified atom stereocenters. The first-order valence-electron chi connectivity index (χ1n) is 6.96. The minimum atomic E-state index is -0.312. The zero-order valence-electron chi connectivity index (χ0n) is 12.2. The molecule has 0 atom stereocenters. The van der Waals surface area contributed by atoms with Crippen molar-refractivity contribution >= 4 is 34.8 Å². The highest BCUT2D eigenvalue weighted by molar-refractivity contribution is 6.30. The Bertz CT molecular complexity index is 586. The Labute approximate surface area is 141 Å². The number of alkyl halides is 2. The van der Waals surface area contributed by atoms with Gasteiger partial charge in [0.2, 0.25) is 0 Å². The SMILES string of the molecule is CCn1nc(C)cc1CC(CCl)(CCl)c1ccc(Cl)cc1. The normalized spacial score (nSPS) is 11.9. The number of hydrogen-bond donors (Lipinski definition) is 0. The average molecular weight is 346 g/mol. The molecule has 1 aromatic heterocycles. The maximum absolute atomic E-state index is 6.30. The quantitative estimate of drug-likeness (QED) is 0.686. The van der Waals surface area contributed by atoms with Gasteiger partial charge in [-0.15, -0.1) is 23.2 Å². The lowest BCUT2D eigenvalue weighted by Crippen LogP contribution is -2.34. The number of halogens is 3. The van der Waals surface area contributed by atoms with E-state index < -0.39 is 0 Å². The maximum Gasteiger partial charge on any atom is 0.0596 e. The molecule has 2 aromatic rings. The fourth-order valence-corrected chi connectivity index (χ4v) is 3.46. The molecule has 0 bridgehead atoms. The molecule has 2 rings (SSSR count). The fourth-order valence-electron chi connectivity index (χ4n) is 2.55. The van der Waals surface area contributed by atoms with E-state index in [0.717, 1.165) is 29.9 Å². The molecule has 5 heteroatoms. The summed E-state index contributed by atoms with van der Waals surface area (Å²) in [5, 5.41) is 5.21. The molecular formula is C16H19Cl3N2. The minimum Gasteiger partial charge on any atom is -0.270 e. The third-order valence-electron chi connectivity index (χ3n) is 3.77. The first kappa shape index (κ1) is 16.7. The van der Waals surface area contributed by atoms with Crippen molar-refractivity contribution in [2.45, 2.75) is 32.2 Å². The molecule has 114 valence electrons. The van der Waals surface area contributed by atoms with Crippen molar-refractivity contribution in [2.24, 2.45) is 0 Å². The molecule has 0 aliphatic carbocycles. The molecule has 0 saturated heterocycles. The second-order valence-corrected chi connectivity index (χ2v) is 6.30. The van der Waals surface area contributed by atoms with E-state index in [-0.39, 0.29) is 5.41 Å². The molecule has 0 spiro atoms. The van der Waals surface area contributed by atoms with Crippen molar-refractivity contribution in [3.05, 3.63) is 52.3 Å². The predicted octanol–water partition coefficient (Wildman–Crippen LogP) is 4.82. The van der Waals surface area contributed by atoms with Crippen LogP contribution in [0.15, 0.2) is 30.3 Å². The summed E-state index contributed by atoms with van der Waals surface area (Å²) in [7, 11) is 0. The summed E-state index contributed by atoms with van der Waals surface area (Å²) in [6, 6.07) is 9.88. The average Bonchev–Trinajstić information content (AvgIpc) is 2.85. The zero-order chi connectivity index (χ0) is 15.5. The van der Waals surface area contributed by atoms with Gasteiger partial charge in [0.05, 0.1) is 5.69 Å². The van der Waals surface area contributed by atoms with E-state index in [4.69, 9.17) is 34.8 Å². The molecule has 2 nitrogen and oxygen atoms in total. The van der Waals surface area contributed by atoms with Crippen LogP contribution in [0.4, 0.5) is 0 Å².